The fourth-order valence-corrected chi connectivity index (χ4v) is 5.86. The third-order valence-corrected chi connectivity index (χ3v) is 7.80. The van der Waals surface area contributed by atoms with E-state index in [4.69, 9.17) is 9.47 Å². The summed E-state index contributed by atoms with van der Waals surface area (Å²) in [7, 11) is -1.97. The number of likely N-dealkylation sites (N-methyl/N-ethyl adjacent to an activating group) is 1. The predicted octanol–water partition coefficient (Wildman–Crippen LogP) is 2.71. The van der Waals surface area contributed by atoms with Crippen molar-refractivity contribution >= 4 is 10.0 Å². The Kier molecular flexibility index (Phi) is 3.89. The van der Waals surface area contributed by atoms with Gasteiger partial charge in [0, 0.05) is 13.0 Å². The van der Waals surface area contributed by atoms with Gasteiger partial charge in [0.15, 0.2) is 5.79 Å². The van der Waals surface area contributed by atoms with Gasteiger partial charge < -0.3 is 9.47 Å². The van der Waals surface area contributed by atoms with Crippen LogP contribution in [0.2, 0.25) is 0 Å². The Morgan fingerprint density at radius 1 is 1.08 bits per heavy atom. The molecule has 6 heteroatoms. The van der Waals surface area contributed by atoms with E-state index in [9.17, 15) is 8.42 Å². The Morgan fingerprint density at radius 2 is 1.68 bits per heavy atom. The minimum Gasteiger partial charge on any atom is -0.342 e. The lowest BCUT2D eigenvalue weighted by Gasteiger charge is -2.41. The molecule has 2 aliphatic carbocycles. The zero-order valence-corrected chi connectivity index (χ0v) is 15.9. The van der Waals surface area contributed by atoms with E-state index >= 15 is 0 Å². The van der Waals surface area contributed by atoms with Crippen LogP contribution in [0.1, 0.15) is 25.8 Å². The normalized spacial score (nSPS) is 36.0. The average Bonchev–Trinajstić information content (AvgIpc) is 3.22. The van der Waals surface area contributed by atoms with E-state index in [1.54, 1.807) is 19.2 Å². The van der Waals surface area contributed by atoms with Crippen molar-refractivity contribution in [2.75, 3.05) is 7.05 Å². The van der Waals surface area contributed by atoms with E-state index in [2.05, 4.69) is 12.2 Å². The van der Waals surface area contributed by atoms with Gasteiger partial charge in [0.25, 0.3) is 0 Å². The highest BCUT2D eigenvalue weighted by Gasteiger charge is 2.65. The molecule has 5 nitrogen and oxygen atoms in total. The second-order valence-electron chi connectivity index (χ2n) is 7.54. The molecule has 0 radical (unpaired) electrons. The van der Waals surface area contributed by atoms with Crippen molar-refractivity contribution in [2.24, 2.45) is 11.8 Å². The van der Waals surface area contributed by atoms with Crippen molar-refractivity contribution in [3.05, 3.63) is 42.0 Å². The number of ether oxygens (including phenoxy) is 2. The molecule has 1 heterocycles. The highest BCUT2D eigenvalue weighted by Crippen LogP contribution is 2.55. The number of rotatable bonds is 3. The number of hydrogen-bond acceptors (Lipinski definition) is 4. The van der Waals surface area contributed by atoms with Crippen LogP contribution in [0, 0.1) is 18.8 Å². The van der Waals surface area contributed by atoms with Gasteiger partial charge >= 0.3 is 0 Å². The van der Waals surface area contributed by atoms with Crippen LogP contribution in [0.25, 0.3) is 0 Å². The molecule has 1 spiro atoms. The highest BCUT2D eigenvalue weighted by atomic mass is 32.2. The molecule has 1 saturated heterocycles. The summed E-state index contributed by atoms with van der Waals surface area (Å²) in [5.41, 5.74) is 1.03. The minimum atomic E-state index is -3.62. The molecule has 0 unspecified atom stereocenters. The van der Waals surface area contributed by atoms with Gasteiger partial charge in [-0.1, -0.05) is 29.8 Å². The lowest BCUT2D eigenvalue weighted by molar-refractivity contribution is -0.213. The van der Waals surface area contributed by atoms with Gasteiger partial charge in [0.1, 0.15) is 0 Å². The zero-order valence-electron chi connectivity index (χ0n) is 15.0. The monoisotopic (exact) mass is 363 g/mol. The Morgan fingerprint density at radius 3 is 2.28 bits per heavy atom. The first-order valence-corrected chi connectivity index (χ1v) is 10.3. The van der Waals surface area contributed by atoms with Crippen molar-refractivity contribution in [1.29, 1.82) is 0 Å². The van der Waals surface area contributed by atoms with Crippen LogP contribution in [-0.4, -0.2) is 43.8 Å². The zero-order chi connectivity index (χ0) is 18.0. The highest BCUT2D eigenvalue weighted by molar-refractivity contribution is 7.89. The maximum atomic E-state index is 13.2. The molecule has 1 saturated carbocycles. The number of nitrogens with zero attached hydrogens (tertiary/aromatic N) is 1. The third-order valence-electron chi connectivity index (χ3n) is 5.94. The molecule has 25 heavy (non-hydrogen) atoms. The van der Waals surface area contributed by atoms with E-state index in [1.807, 2.05) is 32.9 Å². The molecule has 0 aromatic heterocycles. The molecule has 136 valence electrons. The molecule has 3 aliphatic rings. The molecule has 2 bridgehead atoms. The molecular formula is C19H25NO4S. The molecule has 0 amide bonds. The summed E-state index contributed by atoms with van der Waals surface area (Å²) in [4.78, 5) is 0.307. The summed E-state index contributed by atoms with van der Waals surface area (Å²) in [6.07, 6.45) is 5.01. The Labute approximate surface area is 149 Å². The standard InChI is InChI=1S/C19H25NO4S/c1-12-5-9-17(10-6-12)25(21,22)20(4)18-15-7-8-16(11-15)19(18)23-13(2)14(3)24-19/h5-10,13-16,18H,11H2,1-4H3/t13-,14-,15+,16-,18-/m1/s1. The van der Waals surface area contributed by atoms with Gasteiger partial charge in [0.05, 0.1) is 23.1 Å². The molecule has 4 rings (SSSR count). The average molecular weight is 363 g/mol. The largest absolute Gasteiger partial charge is 0.342 e. The summed E-state index contributed by atoms with van der Waals surface area (Å²) >= 11 is 0. The Hall–Kier alpha value is -1.21. The SMILES string of the molecule is Cc1ccc(S(=O)(=O)N(C)[C@@H]2[C@H]3C=C[C@H](C3)C23O[C@H](C)[C@@H](C)O3)cc1. The summed E-state index contributed by atoms with van der Waals surface area (Å²) in [6.45, 7) is 5.92. The topological polar surface area (TPSA) is 55.8 Å². The van der Waals surface area contributed by atoms with Crippen LogP contribution < -0.4 is 0 Å². The molecule has 1 aliphatic heterocycles. The van der Waals surface area contributed by atoms with Gasteiger partial charge in [-0.25, -0.2) is 8.42 Å². The van der Waals surface area contributed by atoms with Crippen LogP contribution >= 0.6 is 0 Å². The van der Waals surface area contributed by atoms with E-state index in [0.717, 1.165) is 12.0 Å². The maximum absolute atomic E-state index is 13.2. The van der Waals surface area contributed by atoms with Gasteiger partial charge in [-0.05, 0) is 45.2 Å². The van der Waals surface area contributed by atoms with Crippen LogP contribution in [0.5, 0.6) is 0 Å². The van der Waals surface area contributed by atoms with Crippen molar-refractivity contribution < 1.29 is 17.9 Å². The molecular weight excluding hydrogens is 338 g/mol. The lowest BCUT2D eigenvalue weighted by Crippen LogP contribution is -2.56. The van der Waals surface area contributed by atoms with Crippen molar-refractivity contribution in [1.82, 2.24) is 4.31 Å². The third kappa shape index (κ3) is 2.42. The van der Waals surface area contributed by atoms with Crippen molar-refractivity contribution in [2.45, 2.75) is 56.1 Å². The van der Waals surface area contributed by atoms with Crippen LogP contribution in [0.4, 0.5) is 0 Å². The Bertz CT molecular complexity index is 791. The van der Waals surface area contributed by atoms with Gasteiger partial charge in [-0.3, -0.25) is 0 Å². The molecule has 2 fully saturated rings. The number of fused-ring (bicyclic) bond motifs is 3. The fraction of sp³-hybridized carbons (Fsp3) is 0.579. The van der Waals surface area contributed by atoms with Crippen molar-refractivity contribution in [3.8, 4) is 0 Å². The number of sulfonamides is 1. The first-order valence-electron chi connectivity index (χ1n) is 8.84. The summed E-state index contributed by atoms with van der Waals surface area (Å²) in [5, 5.41) is 0. The quantitative estimate of drug-likeness (QED) is 0.775. The van der Waals surface area contributed by atoms with E-state index < -0.39 is 15.8 Å². The molecule has 5 atom stereocenters. The molecule has 0 N–H and O–H groups in total. The van der Waals surface area contributed by atoms with Gasteiger partial charge in [-0.2, -0.15) is 4.31 Å². The smallest absolute Gasteiger partial charge is 0.243 e. The molecule has 1 aromatic carbocycles. The summed E-state index contributed by atoms with van der Waals surface area (Å²) in [6, 6.07) is 6.63. The van der Waals surface area contributed by atoms with Gasteiger partial charge in [0.2, 0.25) is 10.0 Å². The Balaban J connectivity index is 1.72. The lowest BCUT2D eigenvalue weighted by atomic mass is 9.94. The van der Waals surface area contributed by atoms with E-state index in [1.165, 1.54) is 4.31 Å². The molecule has 1 aromatic rings. The van der Waals surface area contributed by atoms with Crippen LogP contribution in [-0.2, 0) is 19.5 Å². The fourth-order valence-electron chi connectivity index (χ4n) is 4.44. The van der Waals surface area contributed by atoms with Crippen molar-refractivity contribution in [3.63, 3.8) is 0 Å². The summed E-state index contributed by atoms with van der Waals surface area (Å²) in [5.74, 6) is -0.650. The van der Waals surface area contributed by atoms with Crippen LogP contribution in [0.3, 0.4) is 0 Å². The predicted molar refractivity (Wildman–Crippen MR) is 94.5 cm³/mol. The van der Waals surface area contributed by atoms with Crippen LogP contribution in [0.15, 0.2) is 41.3 Å². The second kappa shape index (κ2) is 5.64. The summed E-state index contributed by atoms with van der Waals surface area (Å²) < 4.78 is 40.4. The van der Waals surface area contributed by atoms with E-state index in [0.29, 0.717) is 4.90 Å². The number of aryl methyl sites for hydroxylation is 1. The first-order chi connectivity index (χ1) is 11.8. The number of benzene rings is 1. The second-order valence-corrected chi connectivity index (χ2v) is 9.53. The van der Waals surface area contributed by atoms with E-state index in [-0.39, 0.29) is 30.1 Å². The number of hydrogen-bond donors (Lipinski definition) is 0. The first kappa shape index (κ1) is 17.2. The minimum absolute atomic E-state index is 0.0503. The van der Waals surface area contributed by atoms with Gasteiger partial charge in [-0.15, -0.1) is 0 Å². The maximum Gasteiger partial charge on any atom is 0.243 e.